The average molecular weight is 288 g/mol. The number of para-hydroxylation sites is 1. The lowest BCUT2D eigenvalue weighted by atomic mass is 10.1. The number of amides is 1. The van der Waals surface area contributed by atoms with Gasteiger partial charge in [0.15, 0.2) is 5.75 Å². The molecule has 110 valence electrons. The van der Waals surface area contributed by atoms with Crippen LogP contribution in [0, 0.1) is 5.82 Å². The minimum Gasteiger partial charge on any atom is -0.491 e. The summed E-state index contributed by atoms with van der Waals surface area (Å²) in [4.78, 5) is 12.2. The first-order valence-corrected chi connectivity index (χ1v) is 6.66. The van der Waals surface area contributed by atoms with Gasteiger partial charge in [0.2, 0.25) is 0 Å². The summed E-state index contributed by atoms with van der Waals surface area (Å²) < 4.78 is 18.9. The molecule has 4 nitrogen and oxygen atoms in total. The van der Waals surface area contributed by atoms with Crippen LogP contribution in [-0.2, 0) is 6.54 Å². The van der Waals surface area contributed by atoms with Gasteiger partial charge in [-0.1, -0.05) is 24.3 Å². The fraction of sp³-hybridized carbons (Fsp3) is 0.188. The second-order valence-electron chi connectivity index (χ2n) is 4.43. The topological polar surface area (TPSA) is 64.3 Å². The van der Waals surface area contributed by atoms with Crippen molar-refractivity contribution in [3.8, 4) is 5.75 Å². The van der Waals surface area contributed by atoms with Crippen molar-refractivity contribution in [1.82, 2.24) is 5.32 Å². The number of nitrogen functional groups attached to an aromatic ring is 1. The molecule has 2 rings (SSSR count). The van der Waals surface area contributed by atoms with Crippen LogP contribution in [0.25, 0.3) is 0 Å². The number of ether oxygens (including phenoxy) is 1. The van der Waals surface area contributed by atoms with E-state index in [1.807, 2.05) is 6.92 Å². The van der Waals surface area contributed by atoms with Crippen LogP contribution >= 0.6 is 0 Å². The molecule has 21 heavy (non-hydrogen) atoms. The van der Waals surface area contributed by atoms with E-state index in [1.165, 1.54) is 6.07 Å². The molecule has 2 aromatic carbocycles. The number of benzene rings is 2. The Bertz CT molecular complexity index is 644. The molecule has 0 spiro atoms. The molecule has 3 N–H and O–H groups in total. The number of hydrogen-bond acceptors (Lipinski definition) is 3. The molecule has 0 saturated heterocycles. The molecule has 0 aliphatic heterocycles. The van der Waals surface area contributed by atoms with Crippen LogP contribution in [0.5, 0.6) is 5.75 Å². The Kier molecular flexibility index (Phi) is 4.77. The number of hydrogen-bond donors (Lipinski definition) is 2. The van der Waals surface area contributed by atoms with Gasteiger partial charge in [0, 0.05) is 12.1 Å². The fourth-order valence-corrected chi connectivity index (χ4v) is 1.95. The smallest absolute Gasteiger partial charge is 0.255 e. The molecule has 5 heteroatoms. The van der Waals surface area contributed by atoms with Crippen LogP contribution in [0.4, 0.5) is 10.1 Å². The van der Waals surface area contributed by atoms with Gasteiger partial charge in [0.25, 0.3) is 5.91 Å². The molecule has 0 bridgehead atoms. The predicted octanol–water partition coefficient (Wildman–Crippen LogP) is 2.74. The van der Waals surface area contributed by atoms with Crippen molar-refractivity contribution in [2.75, 3.05) is 12.3 Å². The SMILES string of the molecule is CCOc1c(N)cccc1C(=O)NCc1ccccc1F. The molecule has 0 fully saturated rings. The van der Waals surface area contributed by atoms with E-state index in [-0.39, 0.29) is 18.3 Å². The number of rotatable bonds is 5. The van der Waals surface area contributed by atoms with E-state index in [2.05, 4.69) is 5.32 Å². The molecule has 0 saturated carbocycles. The Balaban J connectivity index is 2.14. The summed E-state index contributed by atoms with van der Waals surface area (Å²) in [5.41, 5.74) is 6.97. The number of carbonyl (C=O) groups is 1. The molecule has 0 heterocycles. The number of carbonyl (C=O) groups excluding carboxylic acids is 1. The number of nitrogens with two attached hydrogens (primary N) is 1. The molecule has 2 aromatic rings. The Morgan fingerprint density at radius 2 is 2.00 bits per heavy atom. The lowest BCUT2D eigenvalue weighted by Crippen LogP contribution is -2.24. The van der Waals surface area contributed by atoms with E-state index in [0.29, 0.717) is 29.2 Å². The third kappa shape index (κ3) is 3.51. The number of anilines is 1. The average Bonchev–Trinajstić information content (AvgIpc) is 2.48. The molecular formula is C16H17FN2O2. The third-order valence-electron chi connectivity index (χ3n) is 2.98. The maximum absolute atomic E-state index is 13.5. The fourth-order valence-electron chi connectivity index (χ4n) is 1.95. The van der Waals surface area contributed by atoms with Crippen molar-refractivity contribution < 1.29 is 13.9 Å². The van der Waals surface area contributed by atoms with Crippen molar-refractivity contribution in [2.45, 2.75) is 13.5 Å². The van der Waals surface area contributed by atoms with Crippen LogP contribution < -0.4 is 15.8 Å². The van der Waals surface area contributed by atoms with Crippen molar-refractivity contribution in [3.05, 3.63) is 59.4 Å². The molecule has 1 amide bonds. The highest BCUT2D eigenvalue weighted by Crippen LogP contribution is 2.26. The van der Waals surface area contributed by atoms with Gasteiger partial charge in [-0.3, -0.25) is 4.79 Å². The van der Waals surface area contributed by atoms with E-state index < -0.39 is 0 Å². The lowest BCUT2D eigenvalue weighted by Gasteiger charge is -2.13. The molecule has 0 aromatic heterocycles. The summed E-state index contributed by atoms with van der Waals surface area (Å²) >= 11 is 0. The van der Waals surface area contributed by atoms with Gasteiger partial charge in [0.05, 0.1) is 17.9 Å². The van der Waals surface area contributed by atoms with Crippen molar-refractivity contribution >= 4 is 11.6 Å². The Morgan fingerprint density at radius 3 is 2.71 bits per heavy atom. The molecule has 0 unspecified atom stereocenters. The molecule has 0 aliphatic rings. The highest BCUT2D eigenvalue weighted by Gasteiger charge is 2.15. The van der Waals surface area contributed by atoms with E-state index in [9.17, 15) is 9.18 Å². The first-order valence-electron chi connectivity index (χ1n) is 6.66. The van der Waals surface area contributed by atoms with Crippen LogP contribution in [0.15, 0.2) is 42.5 Å². The van der Waals surface area contributed by atoms with E-state index >= 15 is 0 Å². The van der Waals surface area contributed by atoms with Gasteiger partial charge in [0.1, 0.15) is 5.82 Å². The zero-order chi connectivity index (χ0) is 15.2. The van der Waals surface area contributed by atoms with Gasteiger partial charge in [-0.2, -0.15) is 0 Å². The zero-order valence-electron chi connectivity index (χ0n) is 11.7. The normalized spacial score (nSPS) is 10.2. The van der Waals surface area contributed by atoms with Crippen LogP contribution in [0.3, 0.4) is 0 Å². The zero-order valence-corrected chi connectivity index (χ0v) is 11.7. The van der Waals surface area contributed by atoms with Gasteiger partial charge in [-0.15, -0.1) is 0 Å². The Labute approximate surface area is 122 Å². The third-order valence-corrected chi connectivity index (χ3v) is 2.98. The number of nitrogens with one attached hydrogen (secondary N) is 1. The largest absolute Gasteiger partial charge is 0.491 e. The minimum atomic E-state index is -0.353. The summed E-state index contributed by atoms with van der Waals surface area (Å²) in [6.45, 7) is 2.32. The molecule has 0 aliphatic carbocycles. The standard InChI is InChI=1S/C16H17FN2O2/c1-2-21-15-12(7-5-9-14(15)18)16(20)19-10-11-6-3-4-8-13(11)17/h3-9H,2,10,18H2,1H3,(H,19,20). The highest BCUT2D eigenvalue weighted by molar-refractivity contribution is 5.98. The maximum Gasteiger partial charge on any atom is 0.255 e. The summed E-state index contributed by atoms with van der Waals surface area (Å²) in [7, 11) is 0. The van der Waals surface area contributed by atoms with Crippen molar-refractivity contribution in [1.29, 1.82) is 0 Å². The quantitative estimate of drug-likeness (QED) is 0.831. The van der Waals surface area contributed by atoms with E-state index in [4.69, 9.17) is 10.5 Å². The Hall–Kier alpha value is -2.56. The predicted molar refractivity (Wildman–Crippen MR) is 79.6 cm³/mol. The van der Waals surface area contributed by atoms with Gasteiger partial charge < -0.3 is 15.8 Å². The monoisotopic (exact) mass is 288 g/mol. The second kappa shape index (κ2) is 6.74. The summed E-state index contributed by atoms with van der Waals surface area (Å²) in [6.07, 6.45) is 0. The van der Waals surface area contributed by atoms with Gasteiger partial charge in [-0.05, 0) is 25.1 Å². The molecule has 0 atom stereocenters. The van der Waals surface area contributed by atoms with Gasteiger partial charge >= 0.3 is 0 Å². The second-order valence-corrected chi connectivity index (χ2v) is 4.43. The first-order chi connectivity index (χ1) is 10.1. The minimum absolute atomic E-state index is 0.103. The summed E-state index contributed by atoms with van der Waals surface area (Å²) in [6, 6.07) is 11.3. The van der Waals surface area contributed by atoms with Crippen LogP contribution in [-0.4, -0.2) is 12.5 Å². The van der Waals surface area contributed by atoms with Crippen molar-refractivity contribution in [3.63, 3.8) is 0 Å². The Morgan fingerprint density at radius 1 is 1.24 bits per heavy atom. The van der Waals surface area contributed by atoms with Gasteiger partial charge in [-0.25, -0.2) is 4.39 Å². The lowest BCUT2D eigenvalue weighted by molar-refractivity contribution is 0.0947. The summed E-state index contributed by atoms with van der Waals surface area (Å²) in [5.74, 6) is -0.351. The summed E-state index contributed by atoms with van der Waals surface area (Å²) in [5, 5.41) is 2.67. The van der Waals surface area contributed by atoms with E-state index in [0.717, 1.165) is 0 Å². The number of halogens is 1. The van der Waals surface area contributed by atoms with E-state index in [1.54, 1.807) is 36.4 Å². The first kappa shape index (κ1) is 14.8. The molecular weight excluding hydrogens is 271 g/mol. The highest BCUT2D eigenvalue weighted by atomic mass is 19.1. The maximum atomic E-state index is 13.5. The van der Waals surface area contributed by atoms with Crippen LogP contribution in [0.2, 0.25) is 0 Å². The van der Waals surface area contributed by atoms with Crippen molar-refractivity contribution in [2.24, 2.45) is 0 Å². The van der Waals surface area contributed by atoms with Crippen LogP contribution in [0.1, 0.15) is 22.8 Å². The molecule has 0 radical (unpaired) electrons.